The van der Waals surface area contributed by atoms with Crippen LogP contribution in [0.5, 0.6) is 0 Å². The normalized spacial score (nSPS) is 33.5. The van der Waals surface area contributed by atoms with Gasteiger partial charge in [0.25, 0.3) is 0 Å². The van der Waals surface area contributed by atoms with Crippen LogP contribution in [-0.2, 0) is 4.84 Å². The molecular formula is C17H20N4O. The molecule has 5 heterocycles. The molecule has 0 unspecified atom stereocenters. The van der Waals surface area contributed by atoms with Crippen LogP contribution in [0.4, 0.5) is 0 Å². The van der Waals surface area contributed by atoms with Crippen molar-refractivity contribution in [1.29, 1.82) is 0 Å². The Morgan fingerprint density at radius 1 is 1.27 bits per heavy atom. The van der Waals surface area contributed by atoms with Crippen molar-refractivity contribution in [3.8, 4) is 0 Å². The monoisotopic (exact) mass is 296 g/mol. The van der Waals surface area contributed by atoms with Crippen LogP contribution < -0.4 is 0 Å². The molecule has 4 aliphatic heterocycles. The summed E-state index contributed by atoms with van der Waals surface area (Å²) in [5, 5.41) is 5.67. The highest BCUT2D eigenvalue weighted by molar-refractivity contribution is 6.02. The Labute approximate surface area is 129 Å². The predicted octanol–water partition coefficient (Wildman–Crippen LogP) is 2.21. The summed E-state index contributed by atoms with van der Waals surface area (Å²) in [5.41, 5.74) is 1.92. The molecule has 114 valence electrons. The van der Waals surface area contributed by atoms with Crippen LogP contribution in [0.2, 0.25) is 0 Å². The average molecular weight is 296 g/mol. The van der Waals surface area contributed by atoms with E-state index in [9.17, 15) is 0 Å². The van der Waals surface area contributed by atoms with E-state index in [-0.39, 0.29) is 5.72 Å². The van der Waals surface area contributed by atoms with E-state index in [0.29, 0.717) is 5.92 Å². The third kappa shape index (κ3) is 1.54. The maximum atomic E-state index is 6.04. The number of nitrogens with one attached hydrogen (secondary N) is 1. The first-order valence-corrected chi connectivity index (χ1v) is 8.07. The molecule has 4 aliphatic rings. The number of rotatable bonds is 1. The molecule has 1 atom stereocenters. The third-order valence-corrected chi connectivity index (χ3v) is 5.62. The topological polar surface area (TPSA) is 43.9 Å². The van der Waals surface area contributed by atoms with Crippen LogP contribution in [0.1, 0.15) is 18.5 Å². The number of oxime groups is 1. The molecule has 0 amide bonds. The highest BCUT2D eigenvalue weighted by Crippen LogP contribution is 2.43. The lowest BCUT2D eigenvalue weighted by atomic mass is 9.80. The quantitative estimate of drug-likeness (QED) is 0.877. The van der Waals surface area contributed by atoms with E-state index >= 15 is 0 Å². The van der Waals surface area contributed by atoms with Crippen molar-refractivity contribution in [3.63, 3.8) is 0 Å². The summed E-state index contributed by atoms with van der Waals surface area (Å²) in [6, 6.07) is 10.5. The van der Waals surface area contributed by atoms with Gasteiger partial charge in [0.2, 0.25) is 5.72 Å². The minimum Gasteiger partial charge on any atom is -0.363 e. The van der Waals surface area contributed by atoms with Gasteiger partial charge in [-0.2, -0.15) is 0 Å². The second-order valence-electron chi connectivity index (χ2n) is 6.73. The number of para-hydroxylation sites is 1. The molecule has 0 aliphatic carbocycles. The summed E-state index contributed by atoms with van der Waals surface area (Å²) in [5.74, 6) is 1.50. The lowest BCUT2D eigenvalue weighted by Crippen LogP contribution is -2.65. The number of nitrogens with zero attached hydrogens (tertiary/aromatic N) is 3. The molecule has 6 rings (SSSR count). The largest absolute Gasteiger partial charge is 0.363 e. The molecule has 2 aromatic rings. The Balaban J connectivity index is 1.52. The smallest absolute Gasteiger partial charge is 0.226 e. The van der Waals surface area contributed by atoms with Gasteiger partial charge in [-0.05, 0) is 38.1 Å². The van der Waals surface area contributed by atoms with E-state index in [0.717, 1.165) is 23.6 Å². The molecule has 1 N–H and O–H groups in total. The van der Waals surface area contributed by atoms with E-state index < -0.39 is 0 Å². The first-order valence-electron chi connectivity index (χ1n) is 8.07. The number of hydrogen-bond donors (Lipinski definition) is 1. The number of benzene rings is 1. The lowest BCUT2D eigenvalue weighted by Gasteiger charge is -2.52. The molecule has 0 saturated carbocycles. The molecule has 1 aromatic carbocycles. The fourth-order valence-electron chi connectivity index (χ4n) is 4.32. The molecule has 3 saturated heterocycles. The van der Waals surface area contributed by atoms with Crippen molar-refractivity contribution in [2.45, 2.75) is 18.6 Å². The zero-order chi connectivity index (χ0) is 14.7. The number of aromatic amines is 1. The molecule has 1 spiro atoms. The average Bonchev–Trinajstić information content (AvgIpc) is 3.11. The Morgan fingerprint density at radius 2 is 2.09 bits per heavy atom. The summed E-state index contributed by atoms with van der Waals surface area (Å²) in [4.78, 5) is 14.3. The number of aromatic nitrogens is 1. The van der Waals surface area contributed by atoms with E-state index in [4.69, 9.17) is 4.84 Å². The molecule has 1 aromatic heterocycles. The second-order valence-corrected chi connectivity index (χ2v) is 6.73. The van der Waals surface area contributed by atoms with Crippen molar-refractivity contribution in [1.82, 2.24) is 14.8 Å². The predicted molar refractivity (Wildman–Crippen MR) is 85.6 cm³/mol. The van der Waals surface area contributed by atoms with Crippen LogP contribution in [0.3, 0.4) is 0 Å². The van der Waals surface area contributed by atoms with Gasteiger partial charge in [0.05, 0.1) is 12.2 Å². The minimum absolute atomic E-state index is 0.261. The number of piperidine rings is 3. The van der Waals surface area contributed by atoms with E-state index in [1.54, 1.807) is 0 Å². The first kappa shape index (κ1) is 12.5. The van der Waals surface area contributed by atoms with Crippen molar-refractivity contribution in [2.75, 3.05) is 26.7 Å². The molecule has 2 bridgehead atoms. The van der Waals surface area contributed by atoms with Gasteiger partial charge in [-0.15, -0.1) is 0 Å². The van der Waals surface area contributed by atoms with Crippen LogP contribution in [-0.4, -0.2) is 53.0 Å². The molecule has 22 heavy (non-hydrogen) atoms. The van der Waals surface area contributed by atoms with E-state index in [1.807, 2.05) is 6.07 Å². The standard InChI is InChI=1S/C17H20N4O/c1-20-16(15-10-12-4-2-3-5-14(12)18-15)19-22-17(20)11-21-8-6-13(17)7-9-21/h2-5,10,13,18H,6-9,11H2,1H3/t17-/m1/s1. The zero-order valence-electron chi connectivity index (χ0n) is 12.7. The number of fused-ring (bicyclic) bond motifs is 3. The van der Waals surface area contributed by atoms with Gasteiger partial charge in [0.15, 0.2) is 5.84 Å². The Kier molecular flexibility index (Phi) is 2.42. The van der Waals surface area contributed by atoms with Crippen LogP contribution in [0.15, 0.2) is 35.5 Å². The summed E-state index contributed by atoms with van der Waals surface area (Å²) < 4.78 is 0. The number of amidine groups is 1. The highest BCUT2D eigenvalue weighted by atomic mass is 16.7. The summed E-state index contributed by atoms with van der Waals surface area (Å²) >= 11 is 0. The molecule has 3 fully saturated rings. The maximum Gasteiger partial charge on any atom is 0.226 e. The lowest BCUT2D eigenvalue weighted by molar-refractivity contribution is -0.190. The van der Waals surface area contributed by atoms with Gasteiger partial charge in [-0.25, -0.2) is 0 Å². The SMILES string of the molecule is CN1C(c2cc3ccccc3[nH]2)=NO[C@@]12CN1CCC2CC1. The van der Waals surface area contributed by atoms with Gasteiger partial charge in [-0.3, -0.25) is 4.90 Å². The number of H-pyrrole nitrogens is 1. The highest BCUT2D eigenvalue weighted by Gasteiger charge is 2.56. The zero-order valence-corrected chi connectivity index (χ0v) is 12.7. The van der Waals surface area contributed by atoms with Crippen molar-refractivity contribution in [3.05, 3.63) is 36.0 Å². The molecule has 5 nitrogen and oxygen atoms in total. The van der Waals surface area contributed by atoms with Gasteiger partial charge in [0, 0.05) is 23.9 Å². The van der Waals surface area contributed by atoms with Crippen molar-refractivity contribution >= 4 is 16.7 Å². The fraction of sp³-hybridized carbons (Fsp3) is 0.471. The Hall–Kier alpha value is -2.01. The molecular weight excluding hydrogens is 276 g/mol. The molecule has 0 radical (unpaired) electrons. The molecule has 5 heteroatoms. The van der Waals surface area contributed by atoms with Gasteiger partial charge in [-0.1, -0.05) is 23.4 Å². The van der Waals surface area contributed by atoms with E-state index in [1.165, 1.54) is 31.3 Å². The Bertz CT molecular complexity index is 726. The van der Waals surface area contributed by atoms with Crippen LogP contribution in [0.25, 0.3) is 10.9 Å². The fourth-order valence-corrected chi connectivity index (χ4v) is 4.32. The maximum absolute atomic E-state index is 6.04. The van der Waals surface area contributed by atoms with Crippen LogP contribution in [0, 0.1) is 5.92 Å². The van der Waals surface area contributed by atoms with Crippen molar-refractivity contribution < 1.29 is 4.84 Å². The summed E-state index contributed by atoms with van der Waals surface area (Å²) in [6.45, 7) is 3.36. The van der Waals surface area contributed by atoms with E-state index in [2.05, 4.69) is 51.3 Å². The van der Waals surface area contributed by atoms with Gasteiger partial charge >= 0.3 is 0 Å². The van der Waals surface area contributed by atoms with Crippen molar-refractivity contribution in [2.24, 2.45) is 11.1 Å². The van der Waals surface area contributed by atoms with Gasteiger partial charge in [0.1, 0.15) is 0 Å². The second kappa shape index (κ2) is 4.26. The summed E-state index contributed by atoms with van der Waals surface area (Å²) in [7, 11) is 2.12. The minimum atomic E-state index is -0.261. The summed E-state index contributed by atoms with van der Waals surface area (Å²) in [6.07, 6.45) is 2.42. The first-order chi connectivity index (χ1) is 10.8. The Morgan fingerprint density at radius 3 is 2.82 bits per heavy atom. The van der Waals surface area contributed by atoms with Crippen LogP contribution >= 0.6 is 0 Å². The number of hydrogen-bond acceptors (Lipinski definition) is 4. The third-order valence-electron chi connectivity index (χ3n) is 5.62. The number of likely N-dealkylation sites (N-methyl/N-ethyl adjacent to an activating group) is 1. The van der Waals surface area contributed by atoms with Gasteiger partial charge < -0.3 is 14.7 Å².